The molecule has 1 rings (SSSR count). The molecular weight excluding hydrogens is 406 g/mol. The first-order valence-corrected chi connectivity index (χ1v) is 7.97. The number of carbonyl (C=O) groups is 2. The number of amides is 1. The molecule has 7 heteroatoms. The fourth-order valence-electron chi connectivity index (χ4n) is 1.63. The fraction of sp³-hybridized carbons (Fsp3) is 0.429. The highest BCUT2D eigenvalue weighted by Gasteiger charge is 2.19. The average molecular weight is 423 g/mol. The van der Waals surface area contributed by atoms with Crippen LogP contribution in [0.4, 0.5) is 0 Å². The second-order valence-corrected chi connectivity index (χ2v) is 6.65. The van der Waals surface area contributed by atoms with Crippen LogP contribution in [0.3, 0.4) is 0 Å². The number of aliphatic carboxylic acids is 1. The van der Waals surface area contributed by atoms with Crippen LogP contribution < -0.4 is 10.1 Å². The van der Waals surface area contributed by atoms with Crippen LogP contribution in [0.1, 0.15) is 20.3 Å². The van der Waals surface area contributed by atoms with Crippen LogP contribution in [0.5, 0.6) is 5.75 Å². The molecule has 0 spiro atoms. The van der Waals surface area contributed by atoms with E-state index in [4.69, 9.17) is 9.84 Å². The summed E-state index contributed by atoms with van der Waals surface area (Å²) in [5.41, 5.74) is 0. The molecule has 0 aliphatic rings. The second kappa shape index (κ2) is 8.38. The van der Waals surface area contributed by atoms with Gasteiger partial charge in [-0.05, 0) is 40.0 Å². The molecule has 0 bridgehead atoms. The summed E-state index contributed by atoms with van der Waals surface area (Å²) >= 11 is 6.67. The lowest BCUT2D eigenvalue weighted by Crippen LogP contribution is -2.42. The first-order valence-electron chi connectivity index (χ1n) is 6.38. The van der Waals surface area contributed by atoms with Crippen molar-refractivity contribution >= 4 is 43.7 Å². The number of nitrogens with one attached hydrogen (secondary N) is 1. The summed E-state index contributed by atoms with van der Waals surface area (Å²) < 4.78 is 7.04. The topological polar surface area (TPSA) is 75.6 Å². The van der Waals surface area contributed by atoms with Gasteiger partial charge in [-0.1, -0.05) is 29.8 Å². The molecule has 1 unspecified atom stereocenters. The molecule has 5 nitrogen and oxygen atoms in total. The SMILES string of the molecule is CC(C)C(CC(=O)O)NC(=O)COc1ccc(Br)cc1Br. The maximum Gasteiger partial charge on any atom is 0.305 e. The largest absolute Gasteiger partial charge is 0.483 e. The Labute approximate surface area is 140 Å². The maximum atomic E-state index is 11.8. The molecule has 0 aromatic heterocycles. The predicted molar refractivity (Wildman–Crippen MR) is 86.4 cm³/mol. The lowest BCUT2D eigenvalue weighted by atomic mass is 10.0. The van der Waals surface area contributed by atoms with E-state index >= 15 is 0 Å². The van der Waals surface area contributed by atoms with Crippen molar-refractivity contribution in [2.75, 3.05) is 6.61 Å². The van der Waals surface area contributed by atoms with Gasteiger partial charge < -0.3 is 15.2 Å². The number of ether oxygens (including phenoxy) is 1. The van der Waals surface area contributed by atoms with E-state index in [1.807, 2.05) is 19.9 Å². The lowest BCUT2D eigenvalue weighted by molar-refractivity contribution is -0.138. The van der Waals surface area contributed by atoms with E-state index in [1.165, 1.54) is 0 Å². The quantitative estimate of drug-likeness (QED) is 0.707. The molecule has 0 fully saturated rings. The summed E-state index contributed by atoms with van der Waals surface area (Å²) in [5, 5.41) is 11.5. The molecule has 0 aliphatic carbocycles. The number of hydrogen-bond donors (Lipinski definition) is 2. The van der Waals surface area contributed by atoms with Crippen molar-refractivity contribution in [3.8, 4) is 5.75 Å². The molecule has 1 aromatic rings. The Morgan fingerprint density at radius 3 is 2.52 bits per heavy atom. The van der Waals surface area contributed by atoms with Gasteiger partial charge in [0.15, 0.2) is 6.61 Å². The van der Waals surface area contributed by atoms with E-state index in [1.54, 1.807) is 12.1 Å². The van der Waals surface area contributed by atoms with E-state index in [-0.39, 0.29) is 24.9 Å². The maximum absolute atomic E-state index is 11.8. The molecule has 1 atom stereocenters. The van der Waals surface area contributed by atoms with Crippen LogP contribution in [-0.4, -0.2) is 29.6 Å². The highest BCUT2D eigenvalue weighted by molar-refractivity contribution is 9.11. The van der Waals surface area contributed by atoms with Gasteiger partial charge >= 0.3 is 5.97 Å². The summed E-state index contributed by atoms with van der Waals surface area (Å²) in [6.07, 6.45) is -0.106. The van der Waals surface area contributed by atoms with Gasteiger partial charge in [-0.3, -0.25) is 9.59 Å². The number of rotatable bonds is 7. The minimum absolute atomic E-state index is 0.0319. The van der Waals surface area contributed by atoms with Crippen molar-refractivity contribution in [2.24, 2.45) is 5.92 Å². The molecule has 0 aliphatic heterocycles. The number of hydrogen-bond acceptors (Lipinski definition) is 3. The van der Waals surface area contributed by atoms with Crippen LogP contribution in [0.25, 0.3) is 0 Å². The van der Waals surface area contributed by atoms with Crippen LogP contribution in [-0.2, 0) is 9.59 Å². The summed E-state index contributed by atoms with van der Waals surface area (Å²) in [4.78, 5) is 22.6. The highest BCUT2D eigenvalue weighted by Crippen LogP contribution is 2.28. The minimum atomic E-state index is -0.939. The van der Waals surface area contributed by atoms with Gasteiger partial charge in [0, 0.05) is 10.5 Å². The van der Waals surface area contributed by atoms with E-state index < -0.39 is 12.0 Å². The lowest BCUT2D eigenvalue weighted by Gasteiger charge is -2.20. The number of carboxylic acid groups (broad SMARTS) is 1. The third-order valence-corrected chi connectivity index (χ3v) is 3.91. The van der Waals surface area contributed by atoms with Gasteiger partial charge in [0.05, 0.1) is 10.9 Å². The van der Waals surface area contributed by atoms with Gasteiger partial charge in [-0.25, -0.2) is 0 Å². The highest BCUT2D eigenvalue weighted by atomic mass is 79.9. The van der Waals surface area contributed by atoms with Crippen LogP contribution in [0.2, 0.25) is 0 Å². The van der Waals surface area contributed by atoms with Crippen LogP contribution in [0.15, 0.2) is 27.1 Å². The van der Waals surface area contributed by atoms with Crippen LogP contribution >= 0.6 is 31.9 Å². The van der Waals surface area contributed by atoms with E-state index in [0.717, 1.165) is 8.95 Å². The Morgan fingerprint density at radius 2 is 2.00 bits per heavy atom. The van der Waals surface area contributed by atoms with Gasteiger partial charge in [0.1, 0.15) is 5.75 Å². The van der Waals surface area contributed by atoms with Crippen molar-refractivity contribution < 1.29 is 19.4 Å². The Kier molecular flexibility index (Phi) is 7.17. The Bertz CT molecular complexity index is 520. The second-order valence-electron chi connectivity index (χ2n) is 4.88. The summed E-state index contributed by atoms with van der Waals surface area (Å²) in [6, 6.07) is 4.94. The molecule has 0 saturated heterocycles. The summed E-state index contributed by atoms with van der Waals surface area (Å²) in [7, 11) is 0. The molecule has 116 valence electrons. The van der Waals surface area contributed by atoms with Gasteiger partial charge in [0.25, 0.3) is 5.91 Å². The van der Waals surface area contributed by atoms with E-state index in [0.29, 0.717) is 5.75 Å². The van der Waals surface area contributed by atoms with Crippen molar-refractivity contribution in [3.05, 3.63) is 27.1 Å². The predicted octanol–water partition coefficient (Wildman–Crippen LogP) is 3.21. The fourth-order valence-corrected chi connectivity index (χ4v) is 2.79. The third kappa shape index (κ3) is 6.48. The number of carbonyl (C=O) groups excluding carboxylic acids is 1. The average Bonchev–Trinajstić information content (AvgIpc) is 2.36. The first kappa shape index (κ1) is 18.0. The molecule has 0 heterocycles. The molecule has 2 N–H and O–H groups in total. The zero-order chi connectivity index (χ0) is 16.0. The zero-order valence-electron chi connectivity index (χ0n) is 11.7. The normalized spacial score (nSPS) is 12.0. The van der Waals surface area contributed by atoms with Crippen molar-refractivity contribution in [3.63, 3.8) is 0 Å². The Morgan fingerprint density at radius 1 is 1.33 bits per heavy atom. The Balaban J connectivity index is 2.54. The van der Waals surface area contributed by atoms with Crippen molar-refractivity contribution in [2.45, 2.75) is 26.3 Å². The minimum Gasteiger partial charge on any atom is -0.483 e. The molecule has 21 heavy (non-hydrogen) atoms. The summed E-state index contributed by atoms with van der Waals surface area (Å²) in [6.45, 7) is 3.56. The van der Waals surface area contributed by atoms with Gasteiger partial charge in [-0.15, -0.1) is 0 Å². The molecular formula is C14H17Br2NO4. The van der Waals surface area contributed by atoms with E-state index in [9.17, 15) is 9.59 Å². The van der Waals surface area contributed by atoms with E-state index in [2.05, 4.69) is 37.2 Å². The number of halogens is 2. The smallest absolute Gasteiger partial charge is 0.305 e. The van der Waals surface area contributed by atoms with Crippen molar-refractivity contribution in [1.82, 2.24) is 5.32 Å². The van der Waals surface area contributed by atoms with Gasteiger partial charge in [0.2, 0.25) is 0 Å². The summed E-state index contributed by atoms with van der Waals surface area (Å²) in [5.74, 6) is -0.701. The Hall–Kier alpha value is -1.08. The van der Waals surface area contributed by atoms with Crippen LogP contribution in [0, 0.1) is 5.92 Å². The number of benzene rings is 1. The monoisotopic (exact) mass is 421 g/mol. The molecule has 1 amide bonds. The first-order chi connectivity index (χ1) is 9.79. The molecule has 0 saturated carbocycles. The standard InChI is InChI=1S/C14H17Br2NO4/c1-8(2)11(6-14(19)20)17-13(18)7-21-12-4-3-9(15)5-10(12)16/h3-5,8,11H,6-7H2,1-2H3,(H,17,18)(H,19,20). The zero-order valence-corrected chi connectivity index (χ0v) is 14.9. The molecule has 1 aromatic carbocycles. The van der Waals surface area contributed by atoms with Gasteiger partial charge in [-0.2, -0.15) is 0 Å². The van der Waals surface area contributed by atoms with Crippen molar-refractivity contribution in [1.29, 1.82) is 0 Å². The number of carboxylic acids is 1. The molecule has 0 radical (unpaired) electrons. The third-order valence-electron chi connectivity index (χ3n) is 2.80.